The first-order chi connectivity index (χ1) is 9.91. The number of halogens is 4. The summed E-state index contributed by atoms with van der Waals surface area (Å²) in [6, 6.07) is 7.53. The third-order valence-corrected chi connectivity index (χ3v) is 3.64. The molecule has 0 bridgehead atoms. The van der Waals surface area contributed by atoms with Crippen LogP contribution >= 0.6 is 15.9 Å². The van der Waals surface area contributed by atoms with Crippen LogP contribution in [0.2, 0.25) is 0 Å². The molecule has 2 rings (SSSR count). The van der Waals surface area contributed by atoms with Crippen molar-refractivity contribution in [3.63, 3.8) is 0 Å². The van der Waals surface area contributed by atoms with E-state index >= 15 is 0 Å². The molecule has 0 aliphatic rings. The summed E-state index contributed by atoms with van der Waals surface area (Å²) >= 11 is 2.93. The molecule has 0 radical (unpaired) electrons. The fourth-order valence-electron chi connectivity index (χ4n) is 1.91. The van der Waals surface area contributed by atoms with Crippen molar-refractivity contribution in [3.8, 4) is 11.3 Å². The highest BCUT2D eigenvalue weighted by atomic mass is 79.9. The normalized spacial score (nSPS) is 11.9. The summed E-state index contributed by atoms with van der Waals surface area (Å²) < 4.78 is 44.3. The first-order valence-corrected chi connectivity index (χ1v) is 7.37. The lowest BCUT2D eigenvalue weighted by Crippen LogP contribution is -2.12. The Balaban J connectivity index is 2.22. The van der Waals surface area contributed by atoms with Gasteiger partial charge in [0.05, 0.1) is 12.1 Å². The smallest absolute Gasteiger partial charge is 0.417 e. The van der Waals surface area contributed by atoms with Gasteiger partial charge in [-0.25, -0.2) is 0 Å². The van der Waals surface area contributed by atoms with Crippen molar-refractivity contribution in [1.82, 2.24) is 5.32 Å². The van der Waals surface area contributed by atoms with E-state index in [-0.39, 0.29) is 4.47 Å². The van der Waals surface area contributed by atoms with Crippen LogP contribution in [0.4, 0.5) is 13.2 Å². The third kappa shape index (κ3) is 4.11. The van der Waals surface area contributed by atoms with E-state index in [1.807, 2.05) is 0 Å². The lowest BCUT2D eigenvalue weighted by atomic mass is 10.1. The van der Waals surface area contributed by atoms with Crippen molar-refractivity contribution in [3.05, 3.63) is 46.1 Å². The molecular formula is C15H15BrF3NO. The molecule has 0 saturated carbocycles. The molecule has 0 fully saturated rings. The predicted molar refractivity (Wildman–Crippen MR) is 78.8 cm³/mol. The largest absolute Gasteiger partial charge is 0.460 e. The van der Waals surface area contributed by atoms with Gasteiger partial charge in [-0.3, -0.25) is 0 Å². The van der Waals surface area contributed by atoms with Gasteiger partial charge in [0.2, 0.25) is 0 Å². The summed E-state index contributed by atoms with van der Waals surface area (Å²) in [6.45, 7) is 3.49. The maximum absolute atomic E-state index is 12.9. The first kappa shape index (κ1) is 16.1. The number of nitrogens with one attached hydrogen (secondary N) is 1. The van der Waals surface area contributed by atoms with Gasteiger partial charge in [0, 0.05) is 10.0 Å². The van der Waals surface area contributed by atoms with Crippen LogP contribution in [0, 0.1) is 0 Å². The molecule has 0 amide bonds. The molecule has 1 heterocycles. The molecule has 2 nitrogen and oxygen atoms in total. The maximum Gasteiger partial charge on any atom is 0.417 e. The summed E-state index contributed by atoms with van der Waals surface area (Å²) in [6.07, 6.45) is -3.39. The van der Waals surface area contributed by atoms with E-state index in [0.29, 0.717) is 23.6 Å². The van der Waals surface area contributed by atoms with Gasteiger partial charge < -0.3 is 9.73 Å². The number of rotatable bonds is 5. The Morgan fingerprint density at radius 1 is 1.19 bits per heavy atom. The summed E-state index contributed by atoms with van der Waals surface area (Å²) in [5.74, 6) is 1.14. The molecule has 0 aliphatic heterocycles. The average Bonchev–Trinajstić information content (AvgIpc) is 2.87. The molecule has 0 saturated heterocycles. The van der Waals surface area contributed by atoms with Crippen molar-refractivity contribution in [1.29, 1.82) is 0 Å². The number of hydrogen-bond donors (Lipinski definition) is 1. The Morgan fingerprint density at radius 2 is 1.95 bits per heavy atom. The number of benzene rings is 1. The summed E-state index contributed by atoms with van der Waals surface area (Å²) in [5, 5.41) is 3.18. The summed E-state index contributed by atoms with van der Waals surface area (Å²) in [5.41, 5.74) is -0.297. The lowest BCUT2D eigenvalue weighted by molar-refractivity contribution is -0.138. The molecule has 1 aromatic carbocycles. The molecule has 6 heteroatoms. The van der Waals surface area contributed by atoms with E-state index in [2.05, 4.69) is 28.2 Å². The Morgan fingerprint density at radius 3 is 2.62 bits per heavy atom. The zero-order chi connectivity index (χ0) is 15.5. The van der Waals surface area contributed by atoms with Gasteiger partial charge in [0.1, 0.15) is 11.5 Å². The second kappa shape index (κ2) is 6.66. The molecule has 0 spiro atoms. The van der Waals surface area contributed by atoms with Crippen molar-refractivity contribution in [2.75, 3.05) is 6.54 Å². The molecule has 21 heavy (non-hydrogen) atoms. The molecule has 0 aliphatic carbocycles. The fraction of sp³-hybridized carbons (Fsp3) is 0.333. The number of furan rings is 1. The van der Waals surface area contributed by atoms with Gasteiger partial charge in [-0.15, -0.1) is 0 Å². The Kier molecular flexibility index (Phi) is 5.11. The van der Waals surface area contributed by atoms with E-state index in [9.17, 15) is 13.2 Å². The molecule has 0 atom stereocenters. The molecule has 1 aromatic heterocycles. The average molecular weight is 362 g/mol. The lowest BCUT2D eigenvalue weighted by Gasteiger charge is -2.10. The van der Waals surface area contributed by atoms with Crippen LogP contribution in [0.5, 0.6) is 0 Å². The van der Waals surface area contributed by atoms with Gasteiger partial charge in [-0.05, 0) is 37.2 Å². The highest BCUT2D eigenvalue weighted by Crippen LogP contribution is 2.37. The van der Waals surface area contributed by atoms with Crippen LogP contribution in [0.25, 0.3) is 11.3 Å². The summed E-state index contributed by atoms with van der Waals surface area (Å²) in [7, 11) is 0. The van der Waals surface area contributed by atoms with Crippen LogP contribution in [0.15, 0.2) is 39.2 Å². The minimum atomic E-state index is -4.40. The SMILES string of the molecule is CCCNCc1ccc(-c2ccc(Br)c(C(F)(F)F)c2)o1. The van der Waals surface area contributed by atoms with Gasteiger partial charge in [-0.2, -0.15) is 13.2 Å². The van der Waals surface area contributed by atoms with Crippen LogP contribution in [-0.2, 0) is 12.7 Å². The number of alkyl halides is 3. The van der Waals surface area contributed by atoms with Gasteiger partial charge in [0.25, 0.3) is 0 Å². The van der Waals surface area contributed by atoms with E-state index in [1.165, 1.54) is 6.07 Å². The fourth-order valence-corrected chi connectivity index (χ4v) is 2.38. The van der Waals surface area contributed by atoms with E-state index < -0.39 is 11.7 Å². The highest BCUT2D eigenvalue weighted by Gasteiger charge is 2.33. The van der Waals surface area contributed by atoms with Crippen LogP contribution in [0.3, 0.4) is 0 Å². The Labute approximate surface area is 129 Å². The van der Waals surface area contributed by atoms with Gasteiger partial charge in [0.15, 0.2) is 0 Å². The predicted octanol–water partition coefficient (Wildman–Crippen LogP) is 5.23. The maximum atomic E-state index is 12.9. The monoisotopic (exact) mass is 361 g/mol. The zero-order valence-electron chi connectivity index (χ0n) is 11.4. The van der Waals surface area contributed by atoms with Crippen molar-refractivity contribution in [2.24, 2.45) is 0 Å². The van der Waals surface area contributed by atoms with E-state index in [0.717, 1.165) is 19.0 Å². The Hall–Kier alpha value is -1.27. The minimum absolute atomic E-state index is 0.0233. The van der Waals surface area contributed by atoms with Crippen LogP contribution in [-0.4, -0.2) is 6.54 Å². The first-order valence-electron chi connectivity index (χ1n) is 6.58. The van der Waals surface area contributed by atoms with Crippen molar-refractivity contribution >= 4 is 15.9 Å². The minimum Gasteiger partial charge on any atom is -0.460 e. The quantitative estimate of drug-likeness (QED) is 0.737. The van der Waals surface area contributed by atoms with Gasteiger partial charge in [-0.1, -0.05) is 28.9 Å². The molecule has 0 unspecified atom stereocenters. The van der Waals surface area contributed by atoms with Gasteiger partial charge >= 0.3 is 6.18 Å². The topological polar surface area (TPSA) is 25.2 Å². The molecule has 1 N–H and O–H groups in total. The molecule has 114 valence electrons. The highest BCUT2D eigenvalue weighted by molar-refractivity contribution is 9.10. The molecular weight excluding hydrogens is 347 g/mol. The van der Waals surface area contributed by atoms with Crippen LogP contribution < -0.4 is 5.32 Å². The number of hydrogen-bond acceptors (Lipinski definition) is 2. The van der Waals surface area contributed by atoms with E-state index in [1.54, 1.807) is 18.2 Å². The zero-order valence-corrected chi connectivity index (χ0v) is 13.0. The van der Waals surface area contributed by atoms with Crippen LogP contribution in [0.1, 0.15) is 24.7 Å². The second-order valence-corrected chi connectivity index (χ2v) is 5.49. The summed E-state index contributed by atoms with van der Waals surface area (Å²) in [4.78, 5) is 0. The standard InChI is InChI=1S/C15H15BrF3NO/c1-2-7-20-9-11-4-6-14(21-11)10-3-5-13(16)12(8-10)15(17,18)19/h3-6,8,20H,2,7,9H2,1H3. The van der Waals surface area contributed by atoms with Crippen molar-refractivity contribution in [2.45, 2.75) is 26.1 Å². The molecule has 2 aromatic rings. The third-order valence-electron chi connectivity index (χ3n) is 2.94. The van der Waals surface area contributed by atoms with E-state index in [4.69, 9.17) is 4.42 Å². The Bertz CT molecular complexity index is 607. The van der Waals surface area contributed by atoms with Crippen molar-refractivity contribution < 1.29 is 17.6 Å². The second-order valence-electron chi connectivity index (χ2n) is 4.64.